The lowest BCUT2D eigenvalue weighted by molar-refractivity contribution is 0.0772. The number of nitrogens with zero attached hydrogens (tertiary/aromatic N) is 1. The van der Waals surface area contributed by atoms with Gasteiger partial charge in [0.15, 0.2) is 0 Å². The van der Waals surface area contributed by atoms with Gasteiger partial charge < -0.3 is 10.2 Å². The quantitative estimate of drug-likeness (QED) is 0.893. The van der Waals surface area contributed by atoms with E-state index in [-0.39, 0.29) is 5.91 Å². The second kappa shape index (κ2) is 5.96. The van der Waals surface area contributed by atoms with Gasteiger partial charge in [-0.2, -0.15) is 11.8 Å². The van der Waals surface area contributed by atoms with E-state index in [1.165, 1.54) is 0 Å². The highest BCUT2D eigenvalue weighted by atomic mass is 32.2. The molecular weight excluding hydrogens is 232 g/mol. The molecule has 1 aliphatic heterocycles. The van der Waals surface area contributed by atoms with E-state index >= 15 is 0 Å². The van der Waals surface area contributed by atoms with Crippen LogP contribution in [-0.2, 0) is 0 Å². The van der Waals surface area contributed by atoms with Crippen LogP contribution in [0.4, 0.5) is 5.69 Å². The van der Waals surface area contributed by atoms with Crippen molar-refractivity contribution in [2.45, 2.75) is 6.92 Å². The minimum Gasteiger partial charge on any atom is -0.385 e. The molecule has 17 heavy (non-hydrogen) atoms. The number of carbonyl (C=O) groups is 1. The zero-order chi connectivity index (χ0) is 12.1. The number of thioether (sulfide) groups is 1. The summed E-state index contributed by atoms with van der Waals surface area (Å²) in [4.78, 5) is 14.1. The number of amides is 1. The Morgan fingerprint density at radius 2 is 1.94 bits per heavy atom. The van der Waals surface area contributed by atoms with Crippen LogP contribution < -0.4 is 5.32 Å². The van der Waals surface area contributed by atoms with Gasteiger partial charge in [0.2, 0.25) is 0 Å². The first-order chi connectivity index (χ1) is 8.31. The second-order valence-corrected chi connectivity index (χ2v) is 5.24. The van der Waals surface area contributed by atoms with Crippen LogP contribution >= 0.6 is 11.8 Å². The summed E-state index contributed by atoms with van der Waals surface area (Å²) in [5, 5.41) is 3.22. The predicted octanol–water partition coefficient (Wildman–Crippen LogP) is 2.31. The third-order valence-corrected chi connectivity index (χ3v) is 3.75. The maximum atomic E-state index is 12.2. The van der Waals surface area contributed by atoms with Crippen LogP contribution in [0.2, 0.25) is 0 Å². The van der Waals surface area contributed by atoms with Crippen molar-refractivity contribution in [3.8, 4) is 0 Å². The minimum absolute atomic E-state index is 0.161. The van der Waals surface area contributed by atoms with Crippen LogP contribution in [0.25, 0.3) is 0 Å². The molecule has 0 bridgehead atoms. The molecule has 1 heterocycles. The fraction of sp³-hybridized carbons (Fsp3) is 0.462. The number of nitrogens with one attached hydrogen (secondary N) is 1. The van der Waals surface area contributed by atoms with Gasteiger partial charge in [-0.3, -0.25) is 4.79 Å². The van der Waals surface area contributed by atoms with Gasteiger partial charge in [-0.15, -0.1) is 0 Å². The molecule has 3 nitrogen and oxygen atoms in total. The third kappa shape index (κ3) is 3.16. The van der Waals surface area contributed by atoms with E-state index in [0.717, 1.165) is 42.4 Å². The molecule has 2 rings (SSSR count). The highest BCUT2D eigenvalue weighted by Crippen LogP contribution is 2.15. The molecule has 0 aliphatic carbocycles. The summed E-state index contributed by atoms with van der Waals surface area (Å²) in [5.74, 6) is 2.27. The predicted molar refractivity (Wildman–Crippen MR) is 73.8 cm³/mol. The molecule has 1 amide bonds. The van der Waals surface area contributed by atoms with Crippen molar-refractivity contribution in [3.63, 3.8) is 0 Å². The zero-order valence-corrected chi connectivity index (χ0v) is 10.9. The molecule has 1 aliphatic rings. The smallest absolute Gasteiger partial charge is 0.253 e. The molecule has 1 saturated heterocycles. The standard InChI is InChI=1S/C13H18N2OS/c1-2-14-12-5-3-11(4-6-12)13(16)15-7-9-17-10-8-15/h3-6,14H,2,7-10H2,1H3. The van der Waals surface area contributed by atoms with Gasteiger partial charge in [0.25, 0.3) is 5.91 Å². The number of benzene rings is 1. The van der Waals surface area contributed by atoms with Crippen LogP contribution in [0.15, 0.2) is 24.3 Å². The van der Waals surface area contributed by atoms with E-state index in [0.29, 0.717) is 0 Å². The molecule has 92 valence electrons. The van der Waals surface area contributed by atoms with E-state index < -0.39 is 0 Å². The third-order valence-electron chi connectivity index (χ3n) is 2.81. The largest absolute Gasteiger partial charge is 0.385 e. The summed E-state index contributed by atoms with van der Waals surface area (Å²) >= 11 is 1.92. The summed E-state index contributed by atoms with van der Waals surface area (Å²) in [5.41, 5.74) is 1.86. The maximum Gasteiger partial charge on any atom is 0.253 e. The van der Waals surface area contributed by atoms with Gasteiger partial charge >= 0.3 is 0 Å². The molecule has 4 heteroatoms. The number of rotatable bonds is 3. The Morgan fingerprint density at radius 1 is 1.29 bits per heavy atom. The molecular formula is C13H18N2OS. The number of hydrogen-bond donors (Lipinski definition) is 1. The summed E-state index contributed by atoms with van der Waals surface area (Å²) in [6.45, 7) is 4.71. The molecule has 0 saturated carbocycles. The Balaban J connectivity index is 2.03. The number of hydrogen-bond acceptors (Lipinski definition) is 3. The van der Waals surface area contributed by atoms with Crippen LogP contribution in [0, 0.1) is 0 Å². The average molecular weight is 250 g/mol. The van der Waals surface area contributed by atoms with Gasteiger partial charge in [-0.1, -0.05) is 0 Å². The van der Waals surface area contributed by atoms with Crippen molar-refractivity contribution in [1.29, 1.82) is 0 Å². The summed E-state index contributed by atoms with van der Waals surface area (Å²) < 4.78 is 0. The fourth-order valence-corrected chi connectivity index (χ4v) is 2.79. The van der Waals surface area contributed by atoms with Crippen molar-refractivity contribution in [1.82, 2.24) is 4.90 Å². The van der Waals surface area contributed by atoms with Crippen molar-refractivity contribution in [2.24, 2.45) is 0 Å². The molecule has 0 atom stereocenters. The van der Waals surface area contributed by atoms with Gasteiger partial charge in [-0.25, -0.2) is 0 Å². The Hall–Kier alpha value is -1.16. The van der Waals surface area contributed by atoms with Gasteiger partial charge in [0.1, 0.15) is 0 Å². The Labute approximate surface area is 107 Å². The van der Waals surface area contributed by atoms with Crippen molar-refractivity contribution < 1.29 is 4.79 Å². The first-order valence-corrected chi connectivity index (χ1v) is 7.17. The van der Waals surface area contributed by atoms with Gasteiger partial charge in [0, 0.05) is 42.4 Å². The van der Waals surface area contributed by atoms with E-state index in [2.05, 4.69) is 12.2 Å². The maximum absolute atomic E-state index is 12.2. The molecule has 1 fully saturated rings. The first-order valence-electron chi connectivity index (χ1n) is 6.02. The molecule has 0 spiro atoms. The molecule has 1 aromatic rings. The van der Waals surface area contributed by atoms with E-state index in [4.69, 9.17) is 0 Å². The van der Waals surface area contributed by atoms with Crippen molar-refractivity contribution >= 4 is 23.4 Å². The van der Waals surface area contributed by atoms with Gasteiger partial charge in [0.05, 0.1) is 0 Å². The topological polar surface area (TPSA) is 32.3 Å². The fourth-order valence-electron chi connectivity index (χ4n) is 1.88. The van der Waals surface area contributed by atoms with E-state index in [9.17, 15) is 4.79 Å². The normalized spacial score (nSPS) is 15.7. The average Bonchev–Trinajstić information content (AvgIpc) is 2.40. The van der Waals surface area contributed by atoms with E-state index in [1.807, 2.05) is 40.9 Å². The first kappa shape index (κ1) is 12.3. The van der Waals surface area contributed by atoms with E-state index in [1.54, 1.807) is 0 Å². The highest BCUT2D eigenvalue weighted by molar-refractivity contribution is 7.99. The van der Waals surface area contributed by atoms with Crippen LogP contribution in [0.5, 0.6) is 0 Å². The Bertz CT molecular complexity index is 372. The lowest BCUT2D eigenvalue weighted by Crippen LogP contribution is -2.37. The lowest BCUT2D eigenvalue weighted by atomic mass is 10.2. The number of carbonyl (C=O) groups excluding carboxylic acids is 1. The second-order valence-electron chi connectivity index (χ2n) is 4.01. The molecule has 0 unspecified atom stereocenters. The molecule has 1 aromatic carbocycles. The Morgan fingerprint density at radius 3 is 2.53 bits per heavy atom. The zero-order valence-electron chi connectivity index (χ0n) is 10.1. The van der Waals surface area contributed by atoms with Crippen molar-refractivity contribution in [2.75, 3.05) is 36.5 Å². The van der Waals surface area contributed by atoms with Crippen LogP contribution in [0.3, 0.4) is 0 Å². The summed E-state index contributed by atoms with van der Waals surface area (Å²) in [6, 6.07) is 7.75. The monoisotopic (exact) mass is 250 g/mol. The SMILES string of the molecule is CCNc1ccc(C(=O)N2CCSCC2)cc1. The molecule has 1 N–H and O–H groups in total. The lowest BCUT2D eigenvalue weighted by Gasteiger charge is -2.26. The van der Waals surface area contributed by atoms with Crippen LogP contribution in [0.1, 0.15) is 17.3 Å². The van der Waals surface area contributed by atoms with Gasteiger partial charge in [-0.05, 0) is 31.2 Å². The van der Waals surface area contributed by atoms with Crippen molar-refractivity contribution in [3.05, 3.63) is 29.8 Å². The summed E-state index contributed by atoms with van der Waals surface area (Å²) in [6.07, 6.45) is 0. The molecule has 0 aromatic heterocycles. The number of anilines is 1. The Kier molecular flexibility index (Phi) is 4.31. The highest BCUT2D eigenvalue weighted by Gasteiger charge is 2.17. The minimum atomic E-state index is 0.161. The van der Waals surface area contributed by atoms with Crippen LogP contribution in [-0.4, -0.2) is 41.9 Å². The molecule has 0 radical (unpaired) electrons. The summed E-state index contributed by atoms with van der Waals surface area (Å²) in [7, 11) is 0.